The van der Waals surface area contributed by atoms with Gasteiger partial charge in [-0.25, -0.2) is 0 Å². The Hall–Kier alpha value is -0.960. The van der Waals surface area contributed by atoms with E-state index in [2.05, 4.69) is 13.2 Å². The Labute approximate surface area is 141 Å². The van der Waals surface area contributed by atoms with Gasteiger partial charge in [-0.05, 0) is 25.0 Å². The number of nitrogens with zero attached hydrogens (tertiary/aromatic N) is 1. The van der Waals surface area contributed by atoms with Gasteiger partial charge in [0.15, 0.2) is 0 Å². The lowest BCUT2D eigenvalue weighted by Crippen LogP contribution is -2.42. The van der Waals surface area contributed by atoms with Crippen molar-refractivity contribution in [1.82, 2.24) is 4.90 Å². The first-order valence-corrected chi connectivity index (χ1v) is 7.52. The molecule has 1 amide bonds. The Bertz CT molecular complexity index is 549. The summed E-state index contributed by atoms with van der Waals surface area (Å²) in [6.45, 7) is 11.7. The summed E-state index contributed by atoms with van der Waals surface area (Å²) in [5.41, 5.74) is 2.76. The largest absolute Gasteiger partial charge is 0.324 e. The molecule has 1 rings (SSSR count). The van der Waals surface area contributed by atoms with E-state index in [1.54, 1.807) is 6.08 Å². The van der Waals surface area contributed by atoms with Gasteiger partial charge in [-0.3, -0.25) is 4.79 Å². The van der Waals surface area contributed by atoms with Gasteiger partial charge in [-0.2, -0.15) is 0 Å². The standard InChI is InChI=1S/C16H18Cl3NO/c1-5-14(13-9-7-6-8-12(13)4)20(10-11(2)3)15(21)16(17,18)19/h5-9,14H,1-2,10H2,3-4H3. The zero-order valence-corrected chi connectivity index (χ0v) is 14.3. The van der Waals surface area contributed by atoms with Gasteiger partial charge in [0.1, 0.15) is 0 Å². The second kappa shape index (κ2) is 7.35. The maximum atomic E-state index is 12.4. The van der Waals surface area contributed by atoms with Crippen molar-refractivity contribution >= 4 is 40.7 Å². The van der Waals surface area contributed by atoms with Gasteiger partial charge in [0.25, 0.3) is 9.70 Å². The van der Waals surface area contributed by atoms with E-state index in [4.69, 9.17) is 34.8 Å². The highest BCUT2D eigenvalue weighted by molar-refractivity contribution is 6.76. The number of benzene rings is 1. The Morgan fingerprint density at radius 1 is 1.38 bits per heavy atom. The summed E-state index contributed by atoms with van der Waals surface area (Å²) in [6, 6.07) is 7.34. The summed E-state index contributed by atoms with van der Waals surface area (Å²) in [5, 5.41) is 0. The molecule has 0 aliphatic rings. The van der Waals surface area contributed by atoms with Crippen LogP contribution in [0.4, 0.5) is 0 Å². The van der Waals surface area contributed by atoms with Crippen molar-refractivity contribution in [2.75, 3.05) is 6.54 Å². The first kappa shape index (κ1) is 18.1. The summed E-state index contributed by atoms with van der Waals surface area (Å²) >= 11 is 17.3. The molecule has 5 heteroatoms. The Morgan fingerprint density at radius 3 is 2.38 bits per heavy atom. The normalized spacial score (nSPS) is 12.6. The summed E-state index contributed by atoms with van der Waals surface area (Å²) in [5.74, 6) is -0.594. The fourth-order valence-electron chi connectivity index (χ4n) is 2.09. The minimum atomic E-state index is -2.01. The minimum Gasteiger partial charge on any atom is -0.324 e. The molecule has 0 heterocycles. The van der Waals surface area contributed by atoms with Gasteiger partial charge in [0.05, 0.1) is 6.04 Å². The van der Waals surface area contributed by atoms with Crippen molar-refractivity contribution in [2.45, 2.75) is 23.7 Å². The van der Waals surface area contributed by atoms with Crippen LogP contribution < -0.4 is 0 Å². The van der Waals surface area contributed by atoms with Crippen LogP contribution in [0, 0.1) is 6.92 Å². The number of hydrogen-bond donors (Lipinski definition) is 0. The topological polar surface area (TPSA) is 20.3 Å². The highest BCUT2D eigenvalue weighted by Crippen LogP contribution is 2.34. The van der Waals surface area contributed by atoms with Crippen molar-refractivity contribution in [2.24, 2.45) is 0 Å². The van der Waals surface area contributed by atoms with E-state index in [1.807, 2.05) is 38.1 Å². The van der Waals surface area contributed by atoms with E-state index < -0.39 is 9.70 Å². The van der Waals surface area contributed by atoms with E-state index in [9.17, 15) is 4.79 Å². The van der Waals surface area contributed by atoms with Gasteiger partial charge < -0.3 is 4.90 Å². The molecule has 0 fully saturated rings. The zero-order chi connectivity index (χ0) is 16.2. The average molecular weight is 347 g/mol. The van der Waals surface area contributed by atoms with Crippen LogP contribution in [-0.4, -0.2) is 21.1 Å². The molecule has 21 heavy (non-hydrogen) atoms. The van der Waals surface area contributed by atoms with Crippen LogP contribution in [0.15, 0.2) is 49.1 Å². The summed E-state index contributed by atoms with van der Waals surface area (Å²) in [7, 11) is 0. The summed E-state index contributed by atoms with van der Waals surface area (Å²) < 4.78 is -2.01. The molecule has 0 N–H and O–H groups in total. The number of hydrogen-bond acceptors (Lipinski definition) is 1. The van der Waals surface area contributed by atoms with E-state index in [-0.39, 0.29) is 12.6 Å². The second-order valence-electron chi connectivity index (χ2n) is 4.93. The quantitative estimate of drug-likeness (QED) is 0.543. The predicted octanol–water partition coefficient (Wildman–Crippen LogP) is 5.00. The third-order valence-corrected chi connectivity index (χ3v) is 3.49. The fourth-order valence-corrected chi connectivity index (χ4v) is 2.42. The number of rotatable bonds is 5. The molecule has 1 aromatic carbocycles. The van der Waals surface area contributed by atoms with Crippen LogP contribution in [0.2, 0.25) is 0 Å². The molecule has 0 aromatic heterocycles. The molecule has 0 saturated heterocycles. The maximum Gasteiger partial charge on any atom is 0.275 e. The van der Waals surface area contributed by atoms with Crippen LogP contribution in [0.1, 0.15) is 24.1 Å². The van der Waals surface area contributed by atoms with Gasteiger partial charge in [0, 0.05) is 6.54 Å². The van der Waals surface area contributed by atoms with Gasteiger partial charge in [-0.15, -0.1) is 6.58 Å². The van der Waals surface area contributed by atoms with Crippen molar-refractivity contribution in [3.8, 4) is 0 Å². The summed E-state index contributed by atoms with van der Waals surface area (Å²) in [6.07, 6.45) is 1.67. The molecule has 1 unspecified atom stereocenters. The van der Waals surface area contributed by atoms with Crippen molar-refractivity contribution in [1.29, 1.82) is 0 Å². The molecule has 1 atom stereocenters. The number of carbonyl (C=O) groups excluding carboxylic acids is 1. The summed E-state index contributed by atoms with van der Waals surface area (Å²) in [4.78, 5) is 13.9. The van der Waals surface area contributed by atoms with Crippen LogP contribution in [0.3, 0.4) is 0 Å². The molecule has 0 saturated carbocycles. The van der Waals surface area contributed by atoms with E-state index in [1.165, 1.54) is 4.90 Å². The van der Waals surface area contributed by atoms with E-state index in [0.29, 0.717) is 0 Å². The van der Waals surface area contributed by atoms with Crippen LogP contribution in [-0.2, 0) is 4.79 Å². The minimum absolute atomic E-state index is 0.289. The lowest BCUT2D eigenvalue weighted by Gasteiger charge is -2.33. The molecule has 0 spiro atoms. The molecule has 0 bridgehead atoms. The Kier molecular flexibility index (Phi) is 6.33. The highest BCUT2D eigenvalue weighted by Gasteiger charge is 2.38. The molecular formula is C16H18Cl3NO. The number of halogens is 3. The Balaban J connectivity index is 3.28. The molecule has 114 valence electrons. The fraction of sp³-hybridized carbons (Fsp3) is 0.312. The second-order valence-corrected chi connectivity index (χ2v) is 7.21. The first-order chi connectivity index (χ1) is 9.68. The van der Waals surface area contributed by atoms with Crippen molar-refractivity contribution in [3.05, 3.63) is 60.2 Å². The molecule has 2 nitrogen and oxygen atoms in total. The SMILES string of the molecule is C=CC(c1ccccc1C)N(CC(=C)C)C(=O)C(Cl)(Cl)Cl. The maximum absolute atomic E-state index is 12.4. The zero-order valence-electron chi connectivity index (χ0n) is 12.1. The van der Waals surface area contributed by atoms with Crippen LogP contribution in [0.5, 0.6) is 0 Å². The van der Waals surface area contributed by atoms with Crippen molar-refractivity contribution < 1.29 is 4.79 Å². The number of alkyl halides is 3. The van der Waals surface area contributed by atoms with Crippen molar-refractivity contribution in [3.63, 3.8) is 0 Å². The number of aryl methyl sites for hydroxylation is 1. The van der Waals surface area contributed by atoms with Crippen LogP contribution >= 0.6 is 34.8 Å². The number of amides is 1. The lowest BCUT2D eigenvalue weighted by atomic mass is 9.99. The Morgan fingerprint density at radius 2 is 1.95 bits per heavy atom. The molecule has 0 radical (unpaired) electrons. The predicted molar refractivity (Wildman–Crippen MR) is 90.9 cm³/mol. The first-order valence-electron chi connectivity index (χ1n) is 6.38. The molecule has 0 aliphatic heterocycles. The smallest absolute Gasteiger partial charge is 0.275 e. The highest BCUT2D eigenvalue weighted by atomic mass is 35.6. The average Bonchev–Trinajstić information content (AvgIpc) is 2.38. The molecule has 0 aliphatic carbocycles. The van der Waals surface area contributed by atoms with Gasteiger partial charge in [0.2, 0.25) is 0 Å². The van der Waals surface area contributed by atoms with Gasteiger partial charge >= 0.3 is 0 Å². The molecular weight excluding hydrogens is 329 g/mol. The lowest BCUT2D eigenvalue weighted by molar-refractivity contribution is -0.131. The third kappa shape index (κ3) is 4.77. The number of carbonyl (C=O) groups is 1. The third-order valence-electron chi connectivity index (χ3n) is 3.01. The van der Waals surface area contributed by atoms with Gasteiger partial charge in [-0.1, -0.05) is 77.3 Å². The van der Waals surface area contributed by atoms with E-state index in [0.717, 1.165) is 16.7 Å². The van der Waals surface area contributed by atoms with Crippen LogP contribution in [0.25, 0.3) is 0 Å². The van der Waals surface area contributed by atoms with E-state index >= 15 is 0 Å². The molecule has 1 aromatic rings. The monoisotopic (exact) mass is 345 g/mol.